The van der Waals surface area contributed by atoms with Gasteiger partial charge in [0, 0.05) is 5.69 Å². The number of thioether (sulfide) groups is 1. The van der Waals surface area contributed by atoms with E-state index in [-0.39, 0.29) is 5.95 Å². The second-order valence-electron chi connectivity index (χ2n) is 6.73. The third-order valence-corrected chi connectivity index (χ3v) is 5.63. The van der Waals surface area contributed by atoms with Crippen LogP contribution in [0.15, 0.2) is 53.7 Å². The van der Waals surface area contributed by atoms with Gasteiger partial charge in [0.1, 0.15) is 11.6 Å². The molecule has 2 heterocycles. The molecular formula is C21H23N9OS. The van der Waals surface area contributed by atoms with Crippen LogP contribution in [-0.4, -0.2) is 36.9 Å². The molecule has 32 heavy (non-hydrogen) atoms. The van der Waals surface area contributed by atoms with Gasteiger partial charge in [0.05, 0.1) is 18.4 Å². The van der Waals surface area contributed by atoms with Crippen LogP contribution in [0.3, 0.4) is 0 Å². The molecule has 0 saturated heterocycles. The van der Waals surface area contributed by atoms with Crippen molar-refractivity contribution in [3.63, 3.8) is 0 Å². The lowest BCUT2D eigenvalue weighted by Gasteiger charge is -2.10. The van der Waals surface area contributed by atoms with E-state index in [4.69, 9.17) is 16.3 Å². The molecule has 0 aliphatic carbocycles. The summed E-state index contributed by atoms with van der Waals surface area (Å²) < 4.78 is 6.81. The van der Waals surface area contributed by atoms with Gasteiger partial charge in [-0.1, -0.05) is 49.0 Å². The van der Waals surface area contributed by atoms with E-state index in [2.05, 4.69) is 43.5 Å². The minimum absolute atomic E-state index is 0.135. The van der Waals surface area contributed by atoms with Gasteiger partial charge in [-0.3, -0.25) is 0 Å². The fraction of sp³-hybridized carbons (Fsp3) is 0.190. The van der Waals surface area contributed by atoms with Crippen LogP contribution in [0, 0.1) is 0 Å². The van der Waals surface area contributed by atoms with Gasteiger partial charge in [-0.25, -0.2) is 4.68 Å². The number of hydrogen-bond donors (Lipinski definition) is 3. The molecule has 4 aromatic rings. The Labute approximate surface area is 189 Å². The fourth-order valence-electron chi connectivity index (χ4n) is 3.15. The smallest absolute Gasteiger partial charge is 0.232 e. The summed E-state index contributed by atoms with van der Waals surface area (Å²) in [6.07, 6.45) is 0.882. The Hall–Kier alpha value is -3.86. The summed E-state index contributed by atoms with van der Waals surface area (Å²) >= 11 is 1.35. The highest BCUT2D eigenvalue weighted by molar-refractivity contribution is 7.98. The summed E-state index contributed by atoms with van der Waals surface area (Å²) in [6, 6.07) is 15.5. The van der Waals surface area contributed by atoms with Crippen LogP contribution in [0.4, 0.5) is 17.6 Å². The van der Waals surface area contributed by atoms with Gasteiger partial charge in [-0.15, -0.1) is 10.2 Å². The number of ether oxygens (including phenoxy) is 1. The first-order valence-electron chi connectivity index (χ1n) is 9.91. The number of aryl methyl sites for hydroxylation is 1. The van der Waals surface area contributed by atoms with Crippen LogP contribution in [0.25, 0.3) is 11.4 Å². The number of methoxy groups -OCH3 is 1. The minimum Gasteiger partial charge on any atom is -0.496 e. The highest BCUT2D eigenvalue weighted by atomic mass is 32.2. The minimum atomic E-state index is 0.135. The van der Waals surface area contributed by atoms with Crippen molar-refractivity contribution >= 4 is 29.3 Å². The summed E-state index contributed by atoms with van der Waals surface area (Å²) in [4.78, 5) is 12.9. The molecule has 0 saturated carbocycles. The number of nitrogen functional groups attached to an aromatic ring is 2. The number of para-hydroxylation sites is 2. The molecular weight excluding hydrogens is 426 g/mol. The van der Waals surface area contributed by atoms with Gasteiger partial charge in [0.25, 0.3) is 0 Å². The SMILES string of the molecule is CCc1ccccc1Nc1nc(N)nc(CSc2nnc(-c3ccccc3OC)n2N)n1. The quantitative estimate of drug-likeness (QED) is 0.271. The van der Waals surface area contributed by atoms with E-state index >= 15 is 0 Å². The van der Waals surface area contributed by atoms with Crippen LogP contribution < -0.4 is 21.6 Å². The molecule has 0 spiro atoms. The summed E-state index contributed by atoms with van der Waals surface area (Å²) in [5.41, 5.74) is 8.75. The Balaban J connectivity index is 1.52. The summed E-state index contributed by atoms with van der Waals surface area (Å²) in [6.45, 7) is 2.09. The molecule has 0 fully saturated rings. The van der Waals surface area contributed by atoms with Gasteiger partial charge in [-0.2, -0.15) is 15.0 Å². The maximum absolute atomic E-state index is 6.24. The standard InChI is InChI=1S/C21H23N9OS/c1-3-13-8-4-6-10-15(13)24-20-26-17(25-19(22)27-20)12-32-21-29-28-18(30(21)23)14-9-5-7-11-16(14)31-2/h4-11H,3,12,23H2,1-2H3,(H3,22,24,25,26,27). The van der Waals surface area contributed by atoms with E-state index < -0.39 is 0 Å². The zero-order valence-corrected chi connectivity index (χ0v) is 18.5. The molecule has 2 aromatic heterocycles. The first kappa shape index (κ1) is 21.4. The van der Waals surface area contributed by atoms with Crippen molar-refractivity contribution in [3.05, 3.63) is 59.9 Å². The predicted molar refractivity (Wildman–Crippen MR) is 125 cm³/mol. The average Bonchev–Trinajstić information content (AvgIpc) is 3.17. The van der Waals surface area contributed by atoms with Crippen LogP contribution in [-0.2, 0) is 12.2 Å². The number of anilines is 3. The van der Waals surface area contributed by atoms with Crippen molar-refractivity contribution in [1.82, 2.24) is 29.8 Å². The normalized spacial score (nSPS) is 10.8. The monoisotopic (exact) mass is 449 g/mol. The Morgan fingerprint density at radius 1 is 1.03 bits per heavy atom. The lowest BCUT2D eigenvalue weighted by atomic mass is 10.1. The molecule has 0 aliphatic rings. The largest absolute Gasteiger partial charge is 0.496 e. The first-order valence-corrected chi connectivity index (χ1v) is 10.9. The molecule has 10 nitrogen and oxygen atoms in total. The molecule has 2 aromatic carbocycles. The second kappa shape index (κ2) is 9.52. The van der Waals surface area contributed by atoms with Crippen molar-refractivity contribution in [1.29, 1.82) is 0 Å². The Bertz CT molecular complexity index is 1230. The van der Waals surface area contributed by atoms with E-state index in [0.717, 1.165) is 23.2 Å². The van der Waals surface area contributed by atoms with E-state index in [9.17, 15) is 0 Å². The zero-order chi connectivity index (χ0) is 22.5. The number of hydrogen-bond acceptors (Lipinski definition) is 10. The molecule has 0 aliphatic heterocycles. The highest BCUT2D eigenvalue weighted by Crippen LogP contribution is 2.30. The topological polar surface area (TPSA) is 143 Å². The van der Waals surface area contributed by atoms with Crippen molar-refractivity contribution in [2.75, 3.05) is 24.0 Å². The second-order valence-corrected chi connectivity index (χ2v) is 7.68. The molecule has 0 amide bonds. The highest BCUT2D eigenvalue weighted by Gasteiger charge is 2.16. The molecule has 4 rings (SSSR count). The van der Waals surface area contributed by atoms with E-state index in [1.807, 2.05) is 42.5 Å². The number of benzene rings is 2. The van der Waals surface area contributed by atoms with Gasteiger partial charge < -0.3 is 21.6 Å². The maximum Gasteiger partial charge on any atom is 0.232 e. The number of rotatable bonds is 8. The summed E-state index contributed by atoms with van der Waals surface area (Å²) in [7, 11) is 1.60. The zero-order valence-electron chi connectivity index (χ0n) is 17.7. The third kappa shape index (κ3) is 4.57. The van der Waals surface area contributed by atoms with Crippen LogP contribution >= 0.6 is 11.8 Å². The lowest BCUT2D eigenvalue weighted by Crippen LogP contribution is -2.12. The Morgan fingerprint density at radius 3 is 2.62 bits per heavy atom. The molecule has 11 heteroatoms. The number of aromatic nitrogens is 6. The van der Waals surface area contributed by atoms with Gasteiger partial charge in [0.15, 0.2) is 5.82 Å². The van der Waals surface area contributed by atoms with Crippen molar-refractivity contribution in [2.45, 2.75) is 24.3 Å². The van der Waals surface area contributed by atoms with E-state index in [1.54, 1.807) is 7.11 Å². The van der Waals surface area contributed by atoms with Crippen LogP contribution in [0.2, 0.25) is 0 Å². The number of nitrogens with zero attached hydrogens (tertiary/aromatic N) is 6. The average molecular weight is 450 g/mol. The molecule has 0 bridgehead atoms. The molecule has 5 N–H and O–H groups in total. The Kier molecular flexibility index (Phi) is 6.36. The van der Waals surface area contributed by atoms with Crippen LogP contribution in [0.1, 0.15) is 18.3 Å². The van der Waals surface area contributed by atoms with Crippen molar-refractivity contribution in [3.8, 4) is 17.1 Å². The van der Waals surface area contributed by atoms with Gasteiger partial charge in [0.2, 0.25) is 17.1 Å². The molecule has 0 unspecified atom stereocenters. The van der Waals surface area contributed by atoms with Gasteiger partial charge >= 0.3 is 0 Å². The molecule has 0 atom stereocenters. The summed E-state index contributed by atoms with van der Waals surface area (Å²) in [5, 5.41) is 12.1. The third-order valence-electron chi connectivity index (χ3n) is 4.69. The number of nitrogens with two attached hydrogens (primary N) is 2. The number of nitrogens with one attached hydrogen (secondary N) is 1. The van der Waals surface area contributed by atoms with E-state index in [1.165, 1.54) is 16.4 Å². The summed E-state index contributed by atoms with van der Waals surface area (Å²) in [5.74, 6) is 8.81. The maximum atomic E-state index is 6.24. The first-order chi connectivity index (χ1) is 15.6. The van der Waals surface area contributed by atoms with Crippen LogP contribution in [0.5, 0.6) is 5.75 Å². The Morgan fingerprint density at radius 2 is 1.81 bits per heavy atom. The van der Waals surface area contributed by atoms with E-state index in [0.29, 0.717) is 34.3 Å². The van der Waals surface area contributed by atoms with Crippen molar-refractivity contribution < 1.29 is 4.74 Å². The predicted octanol–water partition coefficient (Wildman–Crippen LogP) is 3.03. The van der Waals surface area contributed by atoms with Crippen molar-refractivity contribution in [2.24, 2.45) is 0 Å². The van der Waals surface area contributed by atoms with Gasteiger partial charge in [-0.05, 0) is 30.2 Å². The lowest BCUT2D eigenvalue weighted by molar-refractivity contribution is 0.416. The molecule has 0 radical (unpaired) electrons. The molecule has 164 valence electrons. The fourth-order valence-corrected chi connectivity index (χ4v) is 3.86.